The van der Waals surface area contributed by atoms with Gasteiger partial charge in [0.05, 0.1) is 26.8 Å². The van der Waals surface area contributed by atoms with E-state index in [1.807, 2.05) is 35.6 Å². The maximum absolute atomic E-state index is 6.65. The van der Waals surface area contributed by atoms with Crippen molar-refractivity contribution in [1.29, 1.82) is 0 Å². The Balaban J connectivity index is 1.30. The van der Waals surface area contributed by atoms with E-state index in [2.05, 4.69) is 119 Å². The minimum absolute atomic E-state index is 0.407. The van der Waals surface area contributed by atoms with Gasteiger partial charge in [-0.05, 0) is 64.0 Å². The van der Waals surface area contributed by atoms with Crippen LogP contribution in [0.15, 0.2) is 133 Å². The number of hydrogen-bond donors (Lipinski definition) is 0. The SMILES string of the molecule is Clc1nc2ccccc2nc1-c1ccc(-n2c3ccccc3c3c4ccccc4c4c5cc6ccccc6cc5sc4c32)cc1. The van der Waals surface area contributed by atoms with Crippen molar-refractivity contribution >= 4 is 97.5 Å². The first-order chi connectivity index (χ1) is 22.2. The van der Waals surface area contributed by atoms with Gasteiger partial charge < -0.3 is 4.57 Å². The van der Waals surface area contributed by atoms with Gasteiger partial charge in [-0.3, -0.25) is 0 Å². The van der Waals surface area contributed by atoms with Gasteiger partial charge in [0.2, 0.25) is 0 Å². The molecule has 0 fully saturated rings. The highest BCUT2D eigenvalue weighted by molar-refractivity contribution is 7.27. The Bertz CT molecular complexity index is 2830. The molecule has 0 aliphatic rings. The summed E-state index contributed by atoms with van der Waals surface area (Å²) in [4.78, 5) is 9.47. The van der Waals surface area contributed by atoms with E-state index in [1.165, 1.54) is 63.5 Å². The molecule has 5 heteroatoms. The minimum atomic E-state index is 0.407. The lowest BCUT2D eigenvalue weighted by Crippen LogP contribution is -1.95. The molecular weight excluding hydrogens is 590 g/mol. The van der Waals surface area contributed by atoms with Crippen LogP contribution in [0, 0.1) is 0 Å². The number of fused-ring (bicyclic) bond motifs is 12. The number of thiophene rings is 1. The second-order valence-corrected chi connectivity index (χ2v) is 12.9. The molecule has 0 aliphatic heterocycles. The zero-order valence-corrected chi connectivity index (χ0v) is 25.4. The topological polar surface area (TPSA) is 30.7 Å². The quantitative estimate of drug-likeness (QED) is 0.195. The molecule has 10 aromatic rings. The Morgan fingerprint density at radius 2 is 1.18 bits per heavy atom. The molecule has 0 N–H and O–H groups in total. The average Bonchev–Trinajstić information content (AvgIpc) is 3.63. The van der Waals surface area contributed by atoms with E-state index in [4.69, 9.17) is 16.6 Å². The highest BCUT2D eigenvalue weighted by Crippen LogP contribution is 2.48. The maximum Gasteiger partial charge on any atom is 0.156 e. The predicted molar refractivity (Wildman–Crippen MR) is 192 cm³/mol. The number of rotatable bonds is 2. The van der Waals surface area contributed by atoms with E-state index in [1.54, 1.807) is 0 Å². The Morgan fingerprint density at radius 1 is 0.556 bits per heavy atom. The van der Waals surface area contributed by atoms with Crippen molar-refractivity contribution in [3.63, 3.8) is 0 Å². The molecule has 3 nitrogen and oxygen atoms in total. The Labute approximate surface area is 266 Å². The maximum atomic E-state index is 6.65. The van der Waals surface area contributed by atoms with Crippen LogP contribution in [0.1, 0.15) is 0 Å². The first-order valence-corrected chi connectivity index (χ1v) is 16.1. The summed E-state index contributed by atoms with van der Waals surface area (Å²) < 4.78 is 5.04. The number of benzene rings is 7. The highest BCUT2D eigenvalue weighted by atomic mass is 35.5. The molecule has 0 saturated heterocycles. The lowest BCUT2D eigenvalue weighted by atomic mass is 9.98. The Morgan fingerprint density at radius 3 is 1.96 bits per heavy atom. The normalized spacial score (nSPS) is 12.1. The zero-order chi connectivity index (χ0) is 29.6. The van der Waals surface area contributed by atoms with E-state index in [9.17, 15) is 0 Å². The molecule has 210 valence electrons. The predicted octanol–water partition coefficient (Wildman–Crippen LogP) is 11.7. The van der Waals surface area contributed by atoms with Crippen molar-refractivity contribution in [2.75, 3.05) is 0 Å². The van der Waals surface area contributed by atoms with Gasteiger partial charge in [0.15, 0.2) is 5.15 Å². The van der Waals surface area contributed by atoms with Gasteiger partial charge in [0.1, 0.15) is 5.69 Å². The molecule has 7 aromatic carbocycles. The molecule has 0 saturated carbocycles. The first-order valence-electron chi connectivity index (χ1n) is 14.9. The van der Waals surface area contributed by atoms with Crippen LogP contribution in [0.3, 0.4) is 0 Å². The van der Waals surface area contributed by atoms with Crippen molar-refractivity contribution in [3.8, 4) is 16.9 Å². The number of aromatic nitrogens is 3. The second kappa shape index (κ2) is 9.35. The largest absolute Gasteiger partial charge is 0.308 e. The van der Waals surface area contributed by atoms with Crippen LogP contribution < -0.4 is 0 Å². The van der Waals surface area contributed by atoms with Crippen molar-refractivity contribution in [3.05, 3.63) is 139 Å². The van der Waals surface area contributed by atoms with Crippen LogP contribution >= 0.6 is 22.9 Å². The molecule has 0 spiro atoms. The summed E-state index contributed by atoms with van der Waals surface area (Å²) in [5.74, 6) is 0. The van der Waals surface area contributed by atoms with Crippen LogP contribution in [0.4, 0.5) is 0 Å². The fourth-order valence-corrected chi connectivity index (χ4v) is 8.59. The lowest BCUT2D eigenvalue weighted by molar-refractivity contribution is 1.19. The summed E-state index contributed by atoms with van der Waals surface area (Å²) in [6.45, 7) is 0. The fourth-order valence-electron chi connectivity index (χ4n) is 7.06. The molecular formula is C40H22ClN3S. The number of hydrogen-bond acceptors (Lipinski definition) is 3. The molecule has 0 amide bonds. The van der Waals surface area contributed by atoms with Gasteiger partial charge in [0, 0.05) is 37.5 Å². The van der Waals surface area contributed by atoms with Crippen LogP contribution in [-0.4, -0.2) is 14.5 Å². The lowest BCUT2D eigenvalue weighted by Gasteiger charge is -2.11. The third kappa shape index (κ3) is 3.58. The second-order valence-electron chi connectivity index (χ2n) is 11.5. The summed E-state index contributed by atoms with van der Waals surface area (Å²) >= 11 is 8.55. The third-order valence-electron chi connectivity index (χ3n) is 9.04. The first kappa shape index (κ1) is 25.1. The van der Waals surface area contributed by atoms with Crippen molar-refractivity contribution < 1.29 is 0 Å². The minimum Gasteiger partial charge on any atom is -0.308 e. The fraction of sp³-hybridized carbons (Fsp3) is 0. The van der Waals surface area contributed by atoms with E-state index < -0.39 is 0 Å². The van der Waals surface area contributed by atoms with Gasteiger partial charge in [-0.2, -0.15) is 0 Å². The van der Waals surface area contributed by atoms with E-state index in [0.717, 1.165) is 22.3 Å². The summed E-state index contributed by atoms with van der Waals surface area (Å²) in [5, 5.41) is 10.7. The molecule has 0 radical (unpaired) electrons. The average molecular weight is 612 g/mol. The van der Waals surface area contributed by atoms with Gasteiger partial charge in [-0.1, -0.05) is 103 Å². The van der Waals surface area contributed by atoms with Crippen molar-refractivity contribution in [2.45, 2.75) is 0 Å². The van der Waals surface area contributed by atoms with Gasteiger partial charge in [-0.25, -0.2) is 9.97 Å². The third-order valence-corrected chi connectivity index (χ3v) is 10.5. The van der Waals surface area contributed by atoms with E-state index in [-0.39, 0.29) is 0 Å². The Hall–Kier alpha value is -5.29. The highest BCUT2D eigenvalue weighted by Gasteiger charge is 2.22. The Kier molecular flexibility index (Phi) is 5.21. The molecule has 0 atom stereocenters. The number of halogens is 1. The zero-order valence-electron chi connectivity index (χ0n) is 23.8. The van der Waals surface area contributed by atoms with Crippen molar-refractivity contribution in [1.82, 2.24) is 14.5 Å². The summed E-state index contributed by atoms with van der Waals surface area (Å²) in [6.07, 6.45) is 0. The van der Waals surface area contributed by atoms with Crippen molar-refractivity contribution in [2.24, 2.45) is 0 Å². The molecule has 0 bridgehead atoms. The van der Waals surface area contributed by atoms with Gasteiger partial charge >= 0.3 is 0 Å². The molecule has 3 aromatic heterocycles. The molecule has 3 heterocycles. The number of nitrogens with zero attached hydrogens (tertiary/aromatic N) is 3. The molecule has 0 aliphatic carbocycles. The summed E-state index contributed by atoms with van der Waals surface area (Å²) in [5.41, 5.74) is 6.77. The smallest absolute Gasteiger partial charge is 0.156 e. The molecule has 45 heavy (non-hydrogen) atoms. The van der Waals surface area contributed by atoms with Gasteiger partial charge in [0.25, 0.3) is 0 Å². The summed E-state index contributed by atoms with van der Waals surface area (Å²) in [7, 11) is 0. The van der Waals surface area contributed by atoms with Crippen LogP contribution in [-0.2, 0) is 0 Å². The van der Waals surface area contributed by atoms with Crippen LogP contribution in [0.25, 0.3) is 91.5 Å². The monoisotopic (exact) mass is 611 g/mol. The van der Waals surface area contributed by atoms with Crippen LogP contribution in [0.5, 0.6) is 0 Å². The van der Waals surface area contributed by atoms with Gasteiger partial charge in [-0.15, -0.1) is 11.3 Å². The van der Waals surface area contributed by atoms with E-state index >= 15 is 0 Å². The van der Waals surface area contributed by atoms with Crippen LogP contribution in [0.2, 0.25) is 5.15 Å². The number of para-hydroxylation sites is 3. The summed E-state index contributed by atoms with van der Waals surface area (Å²) in [6, 6.07) is 47.4. The molecule has 10 rings (SSSR count). The standard InChI is InChI=1S/C40H22ClN3S/c41-40-37(42-31-14-6-7-15-32(31)43-40)23-17-19-26(20-18-23)44-33-16-8-5-13-29(33)35-27-11-3-4-12-28(27)36-30-21-24-9-1-2-10-25(24)22-34(30)45-39(36)38(35)44/h1-22H. The molecule has 0 unspecified atom stereocenters. The van der Waals surface area contributed by atoms with E-state index in [0.29, 0.717) is 10.8 Å².